The van der Waals surface area contributed by atoms with Gasteiger partial charge in [-0.1, -0.05) is 41.5 Å². The van der Waals surface area contributed by atoms with Crippen LogP contribution in [0.5, 0.6) is 0 Å². The Morgan fingerprint density at radius 2 is 1.64 bits per heavy atom. The first-order chi connectivity index (χ1) is 11.5. The Hall–Kier alpha value is -1.69. The quantitative estimate of drug-likeness (QED) is 0.782. The first-order valence-electron chi connectivity index (χ1n) is 8.95. The zero-order valence-electron chi connectivity index (χ0n) is 16.7. The van der Waals surface area contributed by atoms with Crippen LogP contribution in [0.25, 0.3) is 0 Å². The number of rotatable bonds is 3. The summed E-state index contributed by atoms with van der Waals surface area (Å²) in [4.78, 5) is 25.5. The number of piperazine rings is 1. The summed E-state index contributed by atoms with van der Waals surface area (Å²) >= 11 is 0. The SMILES string of the molecule is COC(=O)CN1CCN(c2cc(C(C)(C)C)nc(C(C)(C)C)n2)CC1. The molecule has 0 aromatic carbocycles. The second-order valence-corrected chi connectivity index (χ2v) is 8.77. The number of nitrogens with zero attached hydrogens (tertiary/aromatic N) is 4. The van der Waals surface area contributed by atoms with Crippen molar-refractivity contribution in [1.82, 2.24) is 14.9 Å². The lowest BCUT2D eigenvalue weighted by Crippen LogP contribution is -2.48. The predicted octanol–water partition coefficient (Wildman–Crippen LogP) is 2.37. The van der Waals surface area contributed by atoms with E-state index in [0.29, 0.717) is 6.54 Å². The van der Waals surface area contributed by atoms with Gasteiger partial charge in [0.15, 0.2) is 0 Å². The molecule has 1 aromatic rings. The topological polar surface area (TPSA) is 58.6 Å². The van der Waals surface area contributed by atoms with Gasteiger partial charge in [-0.05, 0) is 0 Å². The lowest BCUT2D eigenvalue weighted by molar-refractivity contribution is -0.142. The van der Waals surface area contributed by atoms with Gasteiger partial charge in [0.05, 0.1) is 19.3 Å². The van der Waals surface area contributed by atoms with Crippen LogP contribution in [0.4, 0.5) is 5.82 Å². The summed E-state index contributed by atoms with van der Waals surface area (Å²) in [7, 11) is 1.43. The first kappa shape index (κ1) is 19.6. The molecule has 0 aliphatic carbocycles. The van der Waals surface area contributed by atoms with Crippen LogP contribution in [0.1, 0.15) is 53.1 Å². The van der Waals surface area contributed by atoms with E-state index >= 15 is 0 Å². The van der Waals surface area contributed by atoms with Crippen LogP contribution in [-0.2, 0) is 20.4 Å². The Morgan fingerprint density at radius 1 is 1.04 bits per heavy atom. The van der Waals surface area contributed by atoms with Crippen LogP contribution in [0.2, 0.25) is 0 Å². The fourth-order valence-corrected chi connectivity index (χ4v) is 2.70. The average Bonchev–Trinajstić information content (AvgIpc) is 2.53. The van der Waals surface area contributed by atoms with E-state index in [-0.39, 0.29) is 16.8 Å². The number of aromatic nitrogens is 2. The summed E-state index contributed by atoms with van der Waals surface area (Å²) in [5.74, 6) is 1.69. The van der Waals surface area contributed by atoms with E-state index in [0.717, 1.165) is 43.5 Å². The maximum absolute atomic E-state index is 11.4. The molecule has 0 atom stereocenters. The summed E-state index contributed by atoms with van der Waals surface area (Å²) in [6.07, 6.45) is 0. The number of hydrogen-bond acceptors (Lipinski definition) is 6. The first-order valence-corrected chi connectivity index (χ1v) is 8.95. The van der Waals surface area contributed by atoms with Crippen molar-refractivity contribution in [3.63, 3.8) is 0 Å². The number of carbonyl (C=O) groups excluding carboxylic acids is 1. The summed E-state index contributed by atoms with van der Waals surface area (Å²) in [5.41, 5.74) is 0.951. The fourth-order valence-electron chi connectivity index (χ4n) is 2.70. The Morgan fingerprint density at radius 3 is 2.12 bits per heavy atom. The zero-order chi connectivity index (χ0) is 18.8. The molecule has 1 aromatic heterocycles. The maximum atomic E-state index is 11.4. The molecular weight excluding hydrogens is 316 g/mol. The molecule has 6 nitrogen and oxygen atoms in total. The number of methoxy groups -OCH3 is 1. The van der Waals surface area contributed by atoms with Gasteiger partial charge in [-0.15, -0.1) is 0 Å². The van der Waals surface area contributed by atoms with Gasteiger partial charge in [-0.3, -0.25) is 9.69 Å². The number of anilines is 1. The summed E-state index contributed by atoms with van der Waals surface area (Å²) in [6.45, 7) is 16.7. The molecule has 0 N–H and O–H groups in total. The highest BCUT2D eigenvalue weighted by Gasteiger charge is 2.26. The maximum Gasteiger partial charge on any atom is 0.319 e. The van der Waals surface area contributed by atoms with Gasteiger partial charge in [-0.25, -0.2) is 9.97 Å². The minimum atomic E-state index is -0.180. The molecule has 1 saturated heterocycles. The predicted molar refractivity (Wildman–Crippen MR) is 100 cm³/mol. The third kappa shape index (κ3) is 5.14. The Labute approximate surface area is 151 Å². The molecule has 1 fully saturated rings. The zero-order valence-corrected chi connectivity index (χ0v) is 16.7. The van der Waals surface area contributed by atoms with Gasteiger partial charge in [-0.2, -0.15) is 0 Å². The molecule has 2 rings (SSSR count). The van der Waals surface area contributed by atoms with Gasteiger partial charge < -0.3 is 9.64 Å². The highest BCUT2D eigenvalue weighted by molar-refractivity contribution is 5.71. The number of carbonyl (C=O) groups is 1. The summed E-state index contributed by atoms with van der Waals surface area (Å²) in [5, 5.41) is 0. The molecule has 140 valence electrons. The normalized spacial score (nSPS) is 16.8. The van der Waals surface area contributed by atoms with Crippen LogP contribution >= 0.6 is 0 Å². The van der Waals surface area contributed by atoms with Gasteiger partial charge >= 0.3 is 5.97 Å². The lowest BCUT2D eigenvalue weighted by Gasteiger charge is -2.35. The lowest BCUT2D eigenvalue weighted by atomic mass is 9.90. The Kier molecular flexibility index (Phi) is 5.72. The minimum Gasteiger partial charge on any atom is -0.468 e. The van der Waals surface area contributed by atoms with Crippen molar-refractivity contribution < 1.29 is 9.53 Å². The Balaban J connectivity index is 2.21. The highest BCUT2D eigenvalue weighted by Crippen LogP contribution is 2.28. The van der Waals surface area contributed by atoms with Gasteiger partial charge in [0.1, 0.15) is 11.6 Å². The van der Waals surface area contributed by atoms with Crippen LogP contribution in [0.15, 0.2) is 6.07 Å². The molecule has 0 spiro atoms. The van der Waals surface area contributed by atoms with Crippen molar-refractivity contribution in [3.05, 3.63) is 17.6 Å². The molecular formula is C19H32N4O2. The van der Waals surface area contributed by atoms with Crippen LogP contribution in [0.3, 0.4) is 0 Å². The van der Waals surface area contributed by atoms with E-state index in [1.54, 1.807) is 0 Å². The van der Waals surface area contributed by atoms with Crippen molar-refractivity contribution in [2.75, 3.05) is 44.7 Å². The van der Waals surface area contributed by atoms with Crippen LogP contribution in [-0.4, -0.2) is 60.7 Å². The van der Waals surface area contributed by atoms with Crippen molar-refractivity contribution >= 4 is 11.8 Å². The standard InChI is InChI=1S/C19H32N4O2/c1-18(2,3)14-12-15(21-17(20-14)19(4,5)6)23-10-8-22(9-11-23)13-16(24)25-7/h12H,8-11,13H2,1-7H3. The van der Waals surface area contributed by atoms with Crippen molar-refractivity contribution in [1.29, 1.82) is 0 Å². The molecule has 0 amide bonds. The van der Waals surface area contributed by atoms with Crippen LogP contribution in [0, 0.1) is 0 Å². The van der Waals surface area contributed by atoms with Crippen molar-refractivity contribution in [3.8, 4) is 0 Å². The number of ether oxygens (including phenoxy) is 1. The van der Waals surface area contributed by atoms with E-state index in [1.165, 1.54) is 7.11 Å². The fraction of sp³-hybridized carbons (Fsp3) is 0.737. The Bertz CT molecular complexity index is 577. The van der Waals surface area contributed by atoms with Gasteiger partial charge in [0, 0.05) is 43.1 Å². The number of esters is 1. The highest BCUT2D eigenvalue weighted by atomic mass is 16.5. The number of hydrogen-bond donors (Lipinski definition) is 0. The van der Waals surface area contributed by atoms with Gasteiger partial charge in [0.2, 0.25) is 0 Å². The smallest absolute Gasteiger partial charge is 0.319 e. The molecule has 1 aliphatic rings. The van der Waals surface area contributed by atoms with Crippen molar-refractivity contribution in [2.24, 2.45) is 0 Å². The average molecular weight is 348 g/mol. The monoisotopic (exact) mass is 348 g/mol. The van der Waals surface area contributed by atoms with E-state index in [1.807, 2.05) is 0 Å². The molecule has 0 radical (unpaired) electrons. The van der Waals surface area contributed by atoms with Crippen molar-refractivity contribution in [2.45, 2.75) is 52.4 Å². The minimum absolute atomic E-state index is 0.0234. The largest absolute Gasteiger partial charge is 0.468 e. The van der Waals surface area contributed by atoms with Crippen LogP contribution < -0.4 is 4.90 Å². The van der Waals surface area contributed by atoms with E-state index < -0.39 is 0 Å². The van der Waals surface area contributed by atoms with E-state index in [2.05, 4.69) is 57.4 Å². The van der Waals surface area contributed by atoms with E-state index in [9.17, 15) is 4.79 Å². The van der Waals surface area contributed by atoms with E-state index in [4.69, 9.17) is 14.7 Å². The molecule has 6 heteroatoms. The second kappa shape index (κ2) is 7.28. The van der Waals surface area contributed by atoms with Gasteiger partial charge in [0.25, 0.3) is 0 Å². The molecule has 0 bridgehead atoms. The second-order valence-electron chi connectivity index (χ2n) is 8.77. The summed E-state index contributed by atoms with van der Waals surface area (Å²) < 4.78 is 4.76. The molecule has 2 heterocycles. The molecule has 0 saturated carbocycles. The summed E-state index contributed by atoms with van der Waals surface area (Å²) in [6, 6.07) is 2.12. The molecule has 25 heavy (non-hydrogen) atoms. The third-order valence-electron chi connectivity index (χ3n) is 4.43. The third-order valence-corrected chi connectivity index (χ3v) is 4.43. The molecule has 1 aliphatic heterocycles. The molecule has 0 unspecified atom stereocenters.